The normalized spacial score (nSPS) is 25.9. The van der Waals surface area contributed by atoms with Crippen LogP contribution >= 0.6 is 0 Å². The fraction of sp³-hybridized carbons (Fsp3) is 0.680. The molecule has 8 nitrogen and oxygen atoms in total. The topological polar surface area (TPSA) is 115 Å². The quantitative estimate of drug-likeness (QED) is 0.586. The Morgan fingerprint density at radius 3 is 2.54 bits per heavy atom. The van der Waals surface area contributed by atoms with Gasteiger partial charge in [-0.1, -0.05) is 6.07 Å². The maximum atomic E-state index is 15.4. The Labute approximate surface area is 203 Å². The molecule has 1 aromatic rings. The first-order valence-corrected chi connectivity index (χ1v) is 12.5. The zero-order chi connectivity index (χ0) is 24.8. The van der Waals surface area contributed by atoms with E-state index in [1.807, 2.05) is 0 Å². The molecule has 2 aliphatic carbocycles. The van der Waals surface area contributed by atoms with Crippen LogP contribution in [0.1, 0.15) is 50.5 Å². The maximum absolute atomic E-state index is 15.4. The second-order valence-corrected chi connectivity index (χ2v) is 10.9. The summed E-state index contributed by atoms with van der Waals surface area (Å²) in [5, 5.41) is 12.2. The van der Waals surface area contributed by atoms with E-state index >= 15 is 8.78 Å². The number of alkyl halides is 2. The van der Waals surface area contributed by atoms with Gasteiger partial charge in [-0.05, 0) is 63.2 Å². The number of rotatable bonds is 8. The molecule has 4 aliphatic rings. The molecule has 2 saturated carbocycles. The van der Waals surface area contributed by atoms with Crippen LogP contribution < -0.4 is 11.1 Å². The molecular weight excluding hydrogens is 454 g/mol. The lowest BCUT2D eigenvalue weighted by molar-refractivity contribution is -0.153. The van der Waals surface area contributed by atoms with Crippen molar-refractivity contribution in [1.82, 2.24) is 20.1 Å². The summed E-state index contributed by atoms with van der Waals surface area (Å²) in [5.41, 5.74) is 4.62. The van der Waals surface area contributed by atoms with Crippen LogP contribution in [0.25, 0.3) is 0 Å². The molecule has 1 unspecified atom stereocenters. The molecule has 35 heavy (non-hydrogen) atoms. The third kappa shape index (κ3) is 4.83. The first-order chi connectivity index (χ1) is 16.7. The Hall–Kier alpha value is -2.80. The van der Waals surface area contributed by atoms with Gasteiger partial charge >= 0.3 is 6.03 Å². The van der Waals surface area contributed by atoms with E-state index in [1.54, 1.807) is 12.1 Å². The molecule has 0 aromatic carbocycles. The second kappa shape index (κ2) is 8.70. The number of nitrogens with zero attached hydrogens (tertiary/aromatic N) is 4. The number of urea groups is 1. The highest BCUT2D eigenvalue weighted by molar-refractivity contribution is 5.83. The molecule has 5 rings (SSSR count). The van der Waals surface area contributed by atoms with E-state index in [4.69, 9.17) is 5.73 Å². The monoisotopic (exact) mass is 486 g/mol. The van der Waals surface area contributed by atoms with Crippen molar-refractivity contribution in [2.24, 2.45) is 17.1 Å². The lowest BCUT2D eigenvalue weighted by Gasteiger charge is -2.62. The summed E-state index contributed by atoms with van der Waals surface area (Å²) in [6.45, 7) is 2.04. The molecule has 0 radical (unpaired) electrons. The number of likely N-dealkylation sites (tertiary alicyclic amines) is 2. The number of hydrogen-bond donors (Lipinski definition) is 2. The number of aromatic nitrogens is 1. The Kier molecular flexibility index (Phi) is 5.94. The molecule has 3 amide bonds. The van der Waals surface area contributed by atoms with Gasteiger partial charge in [-0.25, -0.2) is 13.6 Å². The number of carbonyl (C=O) groups excluding carboxylic acids is 2. The first kappa shape index (κ1) is 23.9. The van der Waals surface area contributed by atoms with E-state index < -0.39 is 53.6 Å². The SMILES string of the molecule is N#CC1(NC(=O)[C@@H](CC(F)(F)Cc2cccnc2)C2N(C(N)=O)CC23CCN(C2CC2)CC3)CC1. The molecular formula is C25H32F2N6O2. The summed E-state index contributed by atoms with van der Waals surface area (Å²) in [4.78, 5) is 33.5. The van der Waals surface area contributed by atoms with Crippen LogP contribution in [0.4, 0.5) is 13.6 Å². The minimum absolute atomic E-state index is 0.375. The summed E-state index contributed by atoms with van der Waals surface area (Å²) in [5.74, 6) is -4.96. The van der Waals surface area contributed by atoms with Crippen LogP contribution in [0, 0.1) is 22.7 Å². The van der Waals surface area contributed by atoms with E-state index in [-0.39, 0.29) is 0 Å². The zero-order valence-corrected chi connectivity index (χ0v) is 19.8. The summed E-state index contributed by atoms with van der Waals surface area (Å²) < 4.78 is 30.8. The fourth-order valence-electron chi connectivity index (χ4n) is 6.10. The van der Waals surface area contributed by atoms with E-state index in [9.17, 15) is 14.9 Å². The molecule has 2 atom stereocenters. The van der Waals surface area contributed by atoms with Gasteiger partial charge in [-0.2, -0.15) is 5.26 Å². The molecule has 188 valence electrons. The van der Waals surface area contributed by atoms with E-state index in [0.717, 1.165) is 25.9 Å². The number of nitriles is 1. The minimum atomic E-state index is -3.21. The number of pyridine rings is 1. The van der Waals surface area contributed by atoms with Crippen LogP contribution in [-0.2, 0) is 11.2 Å². The van der Waals surface area contributed by atoms with Crippen LogP contribution in [0.2, 0.25) is 0 Å². The van der Waals surface area contributed by atoms with Crippen molar-refractivity contribution in [3.63, 3.8) is 0 Å². The Bertz CT molecular complexity index is 1010. The number of piperidine rings is 1. The lowest BCUT2D eigenvalue weighted by Crippen LogP contribution is -2.73. The van der Waals surface area contributed by atoms with E-state index in [1.165, 1.54) is 30.1 Å². The number of amides is 3. The van der Waals surface area contributed by atoms with Gasteiger partial charge in [-0.15, -0.1) is 0 Å². The van der Waals surface area contributed by atoms with Gasteiger partial charge in [0.15, 0.2) is 0 Å². The van der Waals surface area contributed by atoms with Crippen molar-refractivity contribution in [3.05, 3.63) is 30.1 Å². The number of halogens is 2. The van der Waals surface area contributed by atoms with E-state index in [0.29, 0.717) is 31.0 Å². The first-order valence-electron chi connectivity index (χ1n) is 12.5. The molecule has 1 spiro atoms. The molecule has 0 bridgehead atoms. The van der Waals surface area contributed by atoms with Crippen LogP contribution in [-0.4, -0.2) is 69.9 Å². The number of carbonyl (C=O) groups is 2. The average molecular weight is 487 g/mol. The molecule has 3 N–H and O–H groups in total. The molecule has 2 aliphatic heterocycles. The predicted octanol–water partition coefficient (Wildman–Crippen LogP) is 2.45. The van der Waals surface area contributed by atoms with Crippen molar-refractivity contribution in [3.8, 4) is 6.07 Å². The Balaban J connectivity index is 1.41. The summed E-state index contributed by atoms with van der Waals surface area (Å²) in [7, 11) is 0. The largest absolute Gasteiger partial charge is 0.351 e. The van der Waals surface area contributed by atoms with Crippen molar-refractivity contribution < 1.29 is 18.4 Å². The molecule has 1 aromatic heterocycles. The zero-order valence-electron chi connectivity index (χ0n) is 19.8. The van der Waals surface area contributed by atoms with Gasteiger partial charge in [-0.3, -0.25) is 9.78 Å². The molecule has 2 saturated heterocycles. The minimum Gasteiger partial charge on any atom is -0.351 e. The van der Waals surface area contributed by atoms with Crippen molar-refractivity contribution in [1.29, 1.82) is 5.26 Å². The smallest absolute Gasteiger partial charge is 0.315 e. The third-order valence-corrected chi connectivity index (χ3v) is 8.34. The van der Waals surface area contributed by atoms with E-state index in [2.05, 4.69) is 21.3 Å². The average Bonchev–Trinajstić information content (AvgIpc) is 3.73. The van der Waals surface area contributed by atoms with Crippen LogP contribution in [0.15, 0.2) is 24.5 Å². The fourth-order valence-corrected chi connectivity index (χ4v) is 6.10. The molecule has 4 fully saturated rings. The number of nitrogens with one attached hydrogen (secondary N) is 1. The summed E-state index contributed by atoms with van der Waals surface area (Å²) in [6, 6.07) is 4.49. The highest BCUT2D eigenvalue weighted by Gasteiger charge is 2.61. The van der Waals surface area contributed by atoms with Gasteiger partial charge in [0.05, 0.1) is 18.0 Å². The maximum Gasteiger partial charge on any atom is 0.315 e. The third-order valence-electron chi connectivity index (χ3n) is 8.34. The Morgan fingerprint density at radius 2 is 2.00 bits per heavy atom. The highest BCUT2D eigenvalue weighted by Crippen LogP contribution is 2.52. The van der Waals surface area contributed by atoms with Gasteiger partial charge in [0, 0.05) is 43.2 Å². The van der Waals surface area contributed by atoms with Crippen molar-refractivity contribution in [2.75, 3.05) is 19.6 Å². The van der Waals surface area contributed by atoms with Gasteiger partial charge in [0.1, 0.15) is 5.54 Å². The van der Waals surface area contributed by atoms with Crippen molar-refractivity contribution >= 4 is 11.9 Å². The van der Waals surface area contributed by atoms with Gasteiger partial charge in [0.25, 0.3) is 5.92 Å². The summed E-state index contributed by atoms with van der Waals surface area (Å²) in [6.07, 6.45) is 6.48. The van der Waals surface area contributed by atoms with Crippen LogP contribution in [0.3, 0.4) is 0 Å². The Morgan fingerprint density at radius 1 is 1.29 bits per heavy atom. The number of primary amides is 1. The van der Waals surface area contributed by atoms with Crippen LogP contribution in [0.5, 0.6) is 0 Å². The molecule has 3 heterocycles. The number of hydrogen-bond acceptors (Lipinski definition) is 5. The second-order valence-electron chi connectivity index (χ2n) is 10.9. The predicted molar refractivity (Wildman–Crippen MR) is 123 cm³/mol. The highest BCUT2D eigenvalue weighted by atomic mass is 19.3. The molecule has 10 heteroatoms. The number of nitrogens with two attached hydrogens (primary N) is 1. The van der Waals surface area contributed by atoms with Crippen molar-refractivity contribution in [2.45, 2.75) is 74.9 Å². The van der Waals surface area contributed by atoms with Gasteiger partial charge in [0.2, 0.25) is 5.91 Å². The standard InChI is InChI=1S/C25H32F2N6O2/c26-25(27,12-17-2-1-9-30-14-17)13-19(21(34)31-24(15-28)5-6-24)20-23(16-33(20)22(29)35)7-10-32(11-8-23)18-3-4-18/h1-2,9,14,18-20H,3-8,10-13,16H2,(H2,29,35)(H,31,34)/t19-,20?/m0/s1. The lowest BCUT2D eigenvalue weighted by atomic mass is 9.60. The van der Waals surface area contributed by atoms with Gasteiger partial charge < -0.3 is 20.9 Å². The summed E-state index contributed by atoms with van der Waals surface area (Å²) >= 11 is 0.